The molecule has 2 rings (SSSR count). The number of nitrogens with one attached hydrogen (secondary N) is 1. The van der Waals surface area contributed by atoms with E-state index in [1.54, 1.807) is 0 Å². The maximum Gasteiger partial charge on any atom is 0.132 e. The molecule has 20 heavy (non-hydrogen) atoms. The van der Waals surface area contributed by atoms with Crippen molar-refractivity contribution < 1.29 is 4.74 Å². The monoisotopic (exact) mass is 272 g/mol. The highest BCUT2D eigenvalue weighted by molar-refractivity contribution is 5.27. The first-order valence-electron chi connectivity index (χ1n) is 7.33. The number of H-pyrrole nitrogens is 1. The Morgan fingerprint density at radius 1 is 1.25 bits per heavy atom. The molecular formula is C17H24N2O. The van der Waals surface area contributed by atoms with E-state index in [9.17, 15) is 0 Å². The summed E-state index contributed by atoms with van der Waals surface area (Å²) in [6.45, 7) is 8.98. The number of hydrogen-bond donors (Lipinski definition) is 1. The van der Waals surface area contributed by atoms with Crippen LogP contribution in [0.15, 0.2) is 24.3 Å². The van der Waals surface area contributed by atoms with E-state index in [0.717, 1.165) is 30.1 Å². The van der Waals surface area contributed by atoms with Gasteiger partial charge in [0.25, 0.3) is 0 Å². The van der Waals surface area contributed by atoms with E-state index < -0.39 is 0 Å². The molecule has 0 aliphatic carbocycles. The lowest BCUT2D eigenvalue weighted by molar-refractivity contribution is 0.0482. The smallest absolute Gasteiger partial charge is 0.132 e. The summed E-state index contributed by atoms with van der Waals surface area (Å²) >= 11 is 0. The van der Waals surface area contributed by atoms with Crippen molar-refractivity contribution in [1.29, 1.82) is 0 Å². The van der Waals surface area contributed by atoms with Gasteiger partial charge >= 0.3 is 0 Å². The van der Waals surface area contributed by atoms with Gasteiger partial charge in [-0.2, -0.15) is 0 Å². The molecule has 1 aromatic heterocycles. The number of aromatic amines is 1. The van der Waals surface area contributed by atoms with Gasteiger partial charge in [0.05, 0.1) is 11.8 Å². The summed E-state index contributed by atoms with van der Waals surface area (Å²) < 4.78 is 5.95. The van der Waals surface area contributed by atoms with Crippen molar-refractivity contribution in [1.82, 2.24) is 9.97 Å². The molecule has 3 nitrogen and oxygen atoms in total. The number of aryl methyl sites for hydroxylation is 3. The number of rotatable bonds is 6. The van der Waals surface area contributed by atoms with Gasteiger partial charge in [-0.15, -0.1) is 0 Å². The fraction of sp³-hybridized carbons (Fsp3) is 0.471. The zero-order chi connectivity index (χ0) is 14.5. The Hall–Kier alpha value is -1.61. The summed E-state index contributed by atoms with van der Waals surface area (Å²) in [6, 6.07) is 8.35. The molecule has 0 aliphatic heterocycles. The summed E-state index contributed by atoms with van der Waals surface area (Å²) in [7, 11) is 0. The van der Waals surface area contributed by atoms with Crippen LogP contribution in [0.5, 0.6) is 0 Å². The topological polar surface area (TPSA) is 37.9 Å². The molecule has 1 N–H and O–H groups in total. The van der Waals surface area contributed by atoms with Gasteiger partial charge in [-0.25, -0.2) is 4.98 Å². The van der Waals surface area contributed by atoms with Crippen molar-refractivity contribution in [2.45, 2.75) is 53.2 Å². The molecule has 0 saturated heterocycles. The van der Waals surface area contributed by atoms with Crippen molar-refractivity contribution >= 4 is 0 Å². The Balaban J connectivity index is 1.98. The number of hydrogen-bond acceptors (Lipinski definition) is 2. The molecule has 1 heterocycles. The fourth-order valence-electron chi connectivity index (χ4n) is 2.45. The molecule has 0 bridgehead atoms. The molecular weight excluding hydrogens is 248 g/mol. The summed E-state index contributed by atoms with van der Waals surface area (Å²) in [6.07, 6.45) is 2.22. The molecule has 1 atom stereocenters. The minimum absolute atomic E-state index is 0.0798. The largest absolute Gasteiger partial charge is 0.366 e. The minimum Gasteiger partial charge on any atom is -0.366 e. The second kappa shape index (κ2) is 6.71. The van der Waals surface area contributed by atoms with Crippen LogP contribution in [0.1, 0.15) is 54.7 Å². The van der Waals surface area contributed by atoms with Gasteiger partial charge in [0, 0.05) is 5.69 Å². The van der Waals surface area contributed by atoms with Crippen LogP contribution in [-0.2, 0) is 17.8 Å². The van der Waals surface area contributed by atoms with Crippen molar-refractivity contribution in [3.8, 4) is 0 Å². The summed E-state index contributed by atoms with van der Waals surface area (Å²) in [5.41, 5.74) is 4.83. The van der Waals surface area contributed by atoms with Crippen LogP contribution in [0.2, 0.25) is 0 Å². The highest BCUT2D eigenvalue weighted by Crippen LogP contribution is 2.21. The average Bonchev–Trinajstić information content (AvgIpc) is 2.78. The molecule has 1 aromatic carbocycles. The Bertz CT molecular complexity index is 560. The molecule has 0 amide bonds. The lowest BCUT2D eigenvalue weighted by atomic mass is 10.0. The second-order valence-corrected chi connectivity index (χ2v) is 5.32. The van der Waals surface area contributed by atoms with Crippen LogP contribution in [0, 0.1) is 13.8 Å². The van der Waals surface area contributed by atoms with E-state index in [1.807, 2.05) is 0 Å². The zero-order valence-electron chi connectivity index (χ0n) is 12.9. The minimum atomic E-state index is 0.0798. The van der Waals surface area contributed by atoms with E-state index in [-0.39, 0.29) is 6.10 Å². The van der Waals surface area contributed by atoms with Crippen LogP contribution in [0.3, 0.4) is 0 Å². The molecule has 2 aromatic rings. The van der Waals surface area contributed by atoms with Crippen LogP contribution in [0.25, 0.3) is 0 Å². The van der Waals surface area contributed by atoms with E-state index in [4.69, 9.17) is 4.74 Å². The number of aromatic nitrogens is 2. The second-order valence-electron chi connectivity index (χ2n) is 5.32. The normalized spacial score (nSPS) is 12.6. The molecule has 3 heteroatoms. The van der Waals surface area contributed by atoms with Gasteiger partial charge in [0.15, 0.2) is 0 Å². The molecule has 0 saturated carbocycles. The van der Waals surface area contributed by atoms with E-state index in [2.05, 4.69) is 61.9 Å². The maximum absolute atomic E-state index is 5.95. The predicted octanol–water partition coefficient (Wildman–Crippen LogP) is 4.26. The molecule has 0 spiro atoms. The number of benzene rings is 1. The van der Waals surface area contributed by atoms with Crippen LogP contribution >= 0.6 is 0 Å². The van der Waals surface area contributed by atoms with Gasteiger partial charge in [-0.1, -0.05) is 37.6 Å². The van der Waals surface area contributed by atoms with Gasteiger partial charge < -0.3 is 9.72 Å². The molecule has 0 aliphatic rings. The van der Waals surface area contributed by atoms with Crippen LogP contribution in [0.4, 0.5) is 0 Å². The molecule has 1 unspecified atom stereocenters. The number of ether oxygens (including phenoxy) is 1. The predicted molar refractivity (Wildman–Crippen MR) is 81.7 cm³/mol. The zero-order valence-corrected chi connectivity index (χ0v) is 12.9. The van der Waals surface area contributed by atoms with Crippen molar-refractivity contribution in [3.05, 3.63) is 52.6 Å². The van der Waals surface area contributed by atoms with Gasteiger partial charge in [0.1, 0.15) is 12.4 Å². The van der Waals surface area contributed by atoms with Gasteiger partial charge in [0.2, 0.25) is 0 Å². The summed E-state index contributed by atoms with van der Waals surface area (Å²) in [5.74, 6) is 0.923. The Kier molecular flexibility index (Phi) is 4.96. The SMILES string of the molecule is CCCc1nc(COC(C)c2ccccc2C)[nH]c1C. The summed E-state index contributed by atoms with van der Waals surface area (Å²) in [5, 5.41) is 0. The first-order valence-corrected chi connectivity index (χ1v) is 7.33. The summed E-state index contributed by atoms with van der Waals surface area (Å²) in [4.78, 5) is 7.92. The first-order chi connectivity index (χ1) is 9.61. The highest BCUT2D eigenvalue weighted by Gasteiger charge is 2.11. The lowest BCUT2D eigenvalue weighted by Crippen LogP contribution is -2.03. The highest BCUT2D eigenvalue weighted by atomic mass is 16.5. The van der Waals surface area contributed by atoms with Crippen molar-refractivity contribution in [2.75, 3.05) is 0 Å². The van der Waals surface area contributed by atoms with Gasteiger partial charge in [-0.05, 0) is 38.3 Å². The van der Waals surface area contributed by atoms with E-state index in [0.29, 0.717) is 6.61 Å². The van der Waals surface area contributed by atoms with Crippen LogP contribution in [-0.4, -0.2) is 9.97 Å². The quantitative estimate of drug-likeness (QED) is 0.853. The Labute approximate surface area is 121 Å². The molecule has 0 radical (unpaired) electrons. The van der Waals surface area contributed by atoms with Crippen molar-refractivity contribution in [2.24, 2.45) is 0 Å². The molecule has 108 valence electrons. The van der Waals surface area contributed by atoms with Crippen molar-refractivity contribution in [3.63, 3.8) is 0 Å². The van der Waals surface area contributed by atoms with E-state index >= 15 is 0 Å². The third kappa shape index (κ3) is 3.48. The molecule has 0 fully saturated rings. The number of nitrogens with zero attached hydrogens (tertiary/aromatic N) is 1. The third-order valence-corrected chi connectivity index (χ3v) is 3.62. The maximum atomic E-state index is 5.95. The third-order valence-electron chi connectivity index (χ3n) is 3.62. The van der Waals surface area contributed by atoms with Gasteiger partial charge in [-0.3, -0.25) is 0 Å². The average molecular weight is 272 g/mol. The Morgan fingerprint density at radius 3 is 2.70 bits per heavy atom. The first kappa shape index (κ1) is 14.8. The lowest BCUT2D eigenvalue weighted by Gasteiger charge is -2.14. The van der Waals surface area contributed by atoms with Crippen LogP contribution < -0.4 is 0 Å². The fourth-order valence-corrected chi connectivity index (χ4v) is 2.45. The Morgan fingerprint density at radius 2 is 2.00 bits per heavy atom. The number of imidazole rings is 1. The van der Waals surface area contributed by atoms with E-state index in [1.165, 1.54) is 11.1 Å². The standard InChI is InChI=1S/C17H24N2O/c1-5-8-16-13(3)18-17(19-16)11-20-14(4)15-10-7-6-9-12(15)2/h6-7,9-10,14H,5,8,11H2,1-4H3,(H,18,19).